The van der Waals surface area contributed by atoms with Gasteiger partial charge in [-0.2, -0.15) is 5.10 Å². The maximum atomic E-state index is 11.6. The van der Waals surface area contributed by atoms with E-state index in [1.54, 1.807) is 11.7 Å². The lowest BCUT2D eigenvalue weighted by Crippen LogP contribution is -2.06. The molecule has 0 aromatic carbocycles. The summed E-state index contributed by atoms with van der Waals surface area (Å²) in [7, 11) is 1.78. The molecule has 1 heterocycles. The Bertz CT molecular complexity index is 371. The second kappa shape index (κ2) is 4.61. The maximum Gasteiger partial charge on any atom is 0.181 e. The van der Waals surface area contributed by atoms with Gasteiger partial charge >= 0.3 is 0 Å². The summed E-state index contributed by atoms with van der Waals surface area (Å²) < 4.78 is 1.62. The van der Waals surface area contributed by atoms with Crippen molar-refractivity contribution in [3.05, 3.63) is 17.5 Å². The number of aryl methyl sites for hydroxylation is 2. The van der Waals surface area contributed by atoms with Gasteiger partial charge in [0.05, 0.1) is 5.69 Å². The minimum atomic E-state index is 0.0673. The normalized spacial score (nSPS) is 9.79. The molecule has 0 radical (unpaired) electrons. The summed E-state index contributed by atoms with van der Waals surface area (Å²) in [5.74, 6) is 2.53. The molecular formula is C11H14N2O. The molecule has 0 unspecified atom stereocenters. The Balaban J connectivity index is 2.79. The van der Waals surface area contributed by atoms with Gasteiger partial charge in [-0.25, -0.2) is 0 Å². The highest BCUT2D eigenvalue weighted by atomic mass is 16.1. The van der Waals surface area contributed by atoms with Crippen LogP contribution < -0.4 is 0 Å². The average Bonchev–Trinajstić information content (AvgIpc) is 2.56. The Morgan fingerprint density at radius 3 is 2.93 bits per heavy atom. The van der Waals surface area contributed by atoms with Gasteiger partial charge in [-0.3, -0.25) is 9.48 Å². The van der Waals surface area contributed by atoms with Gasteiger partial charge in [-0.05, 0) is 12.5 Å². The summed E-state index contributed by atoms with van der Waals surface area (Å²) in [5.41, 5.74) is 1.59. The molecule has 1 aromatic rings. The maximum absolute atomic E-state index is 11.6. The molecule has 3 heteroatoms. The highest BCUT2D eigenvalue weighted by molar-refractivity contribution is 5.94. The number of aromatic nitrogens is 2. The number of Topliss-reactive ketones (excluding diaryl/α,β-unsaturated/α-hetero) is 1. The minimum Gasteiger partial charge on any atom is -0.292 e. The SMILES string of the molecule is C#CCCC(=O)c1cc(CC)nn1C. The van der Waals surface area contributed by atoms with E-state index in [0.29, 0.717) is 18.5 Å². The number of terminal acetylenes is 1. The molecule has 0 aliphatic carbocycles. The summed E-state index contributed by atoms with van der Waals surface area (Å²) in [6, 6.07) is 1.83. The first-order chi connectivity index (χ1) is 6.69. The van der Waals surface area contributed by atoms with Crippen LogP contribution in [0.5, 0.6) is 0 Å². The first-order valence-corrected chi connectivity index (χ1v) is 4.68. The zero-order chi connectivity index (χ0) is 10.6. The standard InChI is InChI=1S/C11H14N2O/c1-4-6-7-11(14)10-8-9(5-2)12-13(10)3/h1,8H,5-7H2,2-3H3. The van der Waals surface area contributed by atoms with Crippen LogP contribution in [0.4, 0.5) is 0 Å². The van der Waals surface area contributed by atoms with Crippen molar-refractivity contribution in [1.29, 1.82) is 0 Å². The van der Waals surface area contributed by atoms with Crippen LogP contribution in [0.3, 0.4) is 0 Å². The monoisotopic (exact) mass is 190 g/mol. The van der Waals surface area contributed by atoms with Crippen molar-refractivity contribution in [2.75, 3.05) is 0 Å². The van der Waals surface area contributed by atoms with E-state index in [9.17, 15) is 4.79 Å². The van der Waals surface area contributed by atoms with E-state index in [2.05, 4.69) is 11.0 Å². The van der Waals surface area contributed by atoms with E-state index in [4.69, 9.17) is 6.42 Å². The van der Waals surface area contributed by atoms with E-state index in [1.807, 2.05) is 13.0 Å². The third-order valence-corrected chi connectivity index (χ3v) is 2.07. The van der Waals surface area contributed by atoms with Gasteiger partial charge in [-0.15, -0.1) is 12.3 Å². The van der Waals surface area contributed by atoms with Crippen LogP contribution in [0, 0.1) is 12.3 Å². The quantitative estimate of drug-likeness (QED) is 0.533. The van der Waals surface area contributed by atoms with Gasteiger partial charge in [0.2, 0.25) is 0 Å². The second-order valence-corrected chi connectivity index (χ2v) is 3.13. The predicted molar refractivity (Wildman–Crippen MR) is 55.0 cm³/mol. The lowest BCUT2D eigenvalue weighted by molar-refractivity contribution is 0.0975. The van der Waals surface area contributed by atoms with Crippen molar-refractivity contribution in [2.24, 2.45) is 7.05 Å². The van der Waals surface area contributed by atoms with Gasteiger partial charge in [0.15, 0.2) is 5.78 Å². The van der Waals surface area contributed by atoms with Gasteiger partial charge in [0.1, 0.15) is 5.69 Å². The number of rotatable bonds is 4. The molecule has 0 saturated carbocycles. The Morgan fingerprint density at radius 1 is 1.71 bits per heavy atom. The van der Waals surface area contributed by atoms with Crippen LogP contribution in [0.2, 0.25) is 0 Å². The molecule has 0 atom stereocenters. The van der Waals surface area contributed by atoms with Crippen LogP contribution >= 0.6 is 0 Å². The molecule has 1 aromatic heterocycles. The lowest BCUT2D eigenvalue weighted by atomic mass is 10.1. The summed E-state index contributed by atoms with van der Waals surface area (Å²) in [4.78, 5) is 11.6. The number of carbonyl (C=O) groups excluding carboxylic acids is 1. The highest BCUT2D eigenvalue weighted by Gasteiger charge is 2.11. The summed E-state index contributed by atoms with van der Waals surface area (Å²) in [6.45, 7) is 2.01. The van der Waals surface area contributed by atoms with Crippen LogP contribution in [0.25, 0.3) is 0 Å². The van der Waals surface area contributed by atoms with E-state index < -0.39 is 0 Å². The van der Waals surface area contributed by atoms with E-state index in [-0.39, 0.29) is 5.78 Å². The Morgan fingerprint density at radius 2 is 2.43 bits per heavy atom. The second-order valence-electron chi connectivity index (χ2n) is 3.13. The zero-order valence-electron chi connectivity index (χ0n) is 8.58. The van der Waals surface area contributed by atoms with E-state index in [1.165, 1.54) is 0 Å². The molecule has 0 spiro atoms. The van der Waals surface area contributed by atoms with Crippen molar-refractivity contribution < 1.29 is 4.79 Å². The van der Waals surface area contributed by atoms with Crippen molar-refractivity contribution in [3.63, 3.8) is 0 Å². The van der Waals surface area contributed by atoms with Gasteiger partial charge in [0.25, 0.3) is 0 Å². The van der Waals surface area contributed by atoms with E-state index in [0.717, 1.165) is 12.1 Å². The van der Waals surface area contributed by atoms with Crippen LogP contribution in [0.1, 0.15) is 35.9 Å². The lowest BCUT2D eigenvalue weighted by Gasteiger charge is -1.97. The molecule has 0 N–H and O–H groups in total. The summed E-state index contributed by atoms with van der Waals surface area (Å²) in [6.07, 6.45) is 6.84. The average molecular weight is 190 g/mol. The van der Waals surface area contributed by atoms with Gasteiger partial charge in [-0.1, -0.05) is 6.92 Å². The van der Waals surface area contributed by atoms with Crippen LogP contribution in [-0.4, -0.2) is 15.6 Å². The Labute approximate surface area is 84.1 Å². The van der Waals surface area contributed by atoms with Crippen LogP contribution in [-0.2, 0) is 13.5 Å². The molecule has 1 rings (SSSR count). The van der Waals surface area contributed by atoms with Crippen LogP contribution in [0.15, 0.2) is 6.07 Å². The minimum absolute atomic E-state index is 0.0673. The number of hydrogen-bond donors (Lipinski definition) is 0. The molecule has 0 aliphatic heterocycles. The smallest absolute Gasteiger partial charge is 0.181 e. The largest absolute Gasteiger partial charge is 0.292 e. The fraction of sp³-hybridized carbons (Fsp3) is 0.455. The van der Waals surface area contributed by atoms with Gasteiger partial charge < -0.3 is 0 Å². The molecule has 0 saturated heterocycles. The molecule has 0 aliphatic rings. The predicted octanol–water partition coefficient (Wildman–Crippen LogP) is 1.58. The number of carbonyl (C=O) groups is 1. The molecule has 74 valence electrons. The molecule has 0 amide bonds. The molecule has 0 fully saturated rings. The van der Waals surface area contributed by atoms with Gasteiger partial charge in [0, 0.05) is 19.9 Å². The summed E-state index contributed by atoms with van der Waals surface area (Å²) in [5, 5.41) is 4.20. The first-order valence-electron chi connectivity index (χ1n) is 4.68. The fourth-order valence-electron chi connectivity index (χ4n) is 1.27. The first kappa shape index (κ1) is 10.5. The topological polar surface area (TPSA) is 34.9 Å². The van der Waals surface area contributed by atoms with Crippen molar-refractivity contribution in [3.8, 4) is 12.3 Å². The molecule has 14 heavy (non-hydrogen) atoms. The van der Waals surface area contributed by atoms with Crippen molar-refractivity contribution in [1.82, 2.24) is 9.78 Å². The molecule has 0 bridgehead atoms. The highest BCUT2D eigenvalue weighted by Crippen LogP contribution is 2.07. The molecule has 3 nitrogen and oxygen atoms in total. The Kier molecular flexibility index (Phi) is 3.47. The fourth-order valence-corrected chi connectivity index (χ4v) is 1.27. The van der Waals surface area contributed by atoms with Crippen molar-refractivity contribution >= 4 is 5.78 Å². The number of hydrogen-bond acceptors (Lipinski definition) is 2. The van der Waals surface area contributed by atoms with Crippen molar-refractivity contribution in [2.45, 2.75) is 26.2 Å². The summed E-state index contributed by atoms with van der Waals surface area (Å²) >= 11 is 0. The number of nitrogens with zero attached hydrogens (tertiary/aromatic N) is 2. The third-order valence-electron chi connectivity index (χ3n) is 2.07. The Hall–Kier alpha value is -1.56. The zero-order valence-corrected chi connectivity index (χ0v) is 8.58. The van der Waals surface area contributed by atoms with E-state index >= 15 is 0 Å². The number of ketones is 1. The molecular weight excluding hydrogens is 176 g/mol. The third kappa shape index (κ3) is 2.23.